The molecule has 0 saturated heterocycles. The first-order chi connectivity index (χ1) is 27.0. The maximum Gasteiger partial charge on any atom is 0.135 e. The quantitative estimate of drug-likeness (QED) is 0.180. The van der Waals surface area contributed by atoms with Crippen LogP contribution < -0.4 is 11.5 Å². The molecule has 0 spiro atoms. The lowest BCUT2D eigenvalue weighted by Crippen LogP contribution is -1.96. The van der Waals surface area contributed by atoms with Crippen LogP contribution in [-0.2, 0) is 13.1 Å². The molecule has 3 nitrogen and oxygen atoms in total. The van der Waals surface area contributed by atoms with E-state index in [1.165, 1.54) is 55.6 Å². The highest BCUT2D eigenvalue weighted by atomic mass is 16.3. The minimum atomic E-state index is 0.479. The largest absolute Gasteiger partial charge is 0.456 e. The van der Waals surface area contributed by atoms with Gasteiger partial charge in [0.05, 0.1) is 0 Å². The second kappa shape index (κ2) is 17.5. The Labute approximate surface area is 324 Å². The van der Waals surface area contributed by atoms with Gasteiger partial charge in [0.25, 0.3) is 0 Å². The Balaban J connectivity index is 0.000000240. The zero-order valence-electron chi connectivity index (χ0n) is 31.5. The molecule has 0 aliphatic heterocycles. The van der Waals surface area contributed by atoms with E-state index in [2.05, 4.69) is 166 Å². The van der Waals surface area contributed by atoms with Gasteiger partial charge in [-0.2, -0.15) is 0 Å². The van der Waals surface area contributed by atoms with E-state index >= 15 is 0 Å². The highest BCUT2D eigenvalue weighted by Crippen LogP contribution is 2.40. The minimum absolute atomic E-state index is 0.479. The molecular formula is C52H46N2O. The van der Waals surface area contributed by atoms with Crippen molar-refractivity contribution in [2.45, 2.75) is 26.9 Å². The first-order valence-corrected chi connectivity index (χ1v) is 18.8. The average Bonchev–Trinajstić information content (AvgIpc) is 3.63. The Morgan fingerprint density at radius 3 is 1.51 bits per heavy atom. The highest BCUT2D eigenvalue weighted by Gasteiger charge is 2.14. The van der Waals surface area contributed by atoms with Crippen LogP contribution in [0.1, 0.15) is 22.3 Å². The van der Waals surface area contributed by atoms with E-state index in [1.54, 1.807) is 0 Å². The summed E-state index contributed by atoms with van der Waals surface area (Å²) < 4.78 is 6.14. The molecule has 9 aromatic rings. The van der Waals surface area contributed by atoms with E-state index in [0.29, 0.717) is 13.1 Å². The molecule has 270 valence electrons. The van der Waals surface area contributed by atoms with Crippen LogP contribution in [0.3, 0.4) is 0 Å². The summed E-state index contributed by atoms with van der Waals surface area (Å²) in [5.74, 6) is 0. The molecule has 0 bridgehead atoms. The van der Waals surface area contributed by atoms with Crippen molar-refractivity contribution >= 4 is 21.9 Å². The molecule has 1 aromatic heterocycles. The highest BCUT2D eigenvalue weighted by molar-refractivity contribution is 6.08. The molecule has 9 rings (SSSR count). The lowest BCUT2D eigenvalue weighted by molar-refractivity contribution is 0.668. The predicted octanol–water partition coefficient (Wildman–Crippen LogP) is 13.2. The fourth-order valence-corrected chi connectivity index (χ4v) is 7.09. The molecule has 0 amide bonds. The molecule has 0 radical (unpaired) electrons. The first-order valence-electron chi connectivity index (χ1n) is 18.8. The van der Waals surface area contributed by atoms with Gasteiger partial charge < -0.3 is 15.9 Å². The summed E-state index contributed by atoms with van der Waals surface area (Å²) in [4.78, 5) is 0. The summed E-state index contributed by atoms with van der Waals surface area (Å²) in [6, 6.07) is 67.7. The van der Waals surface area contributed by atoms with Crippen LogP contribution in [0.15, 0.2) is 199 Å². The van der Waals surface area contributed by atoms with Crippen LogP contribution in [-0.4, -0.2) is 0 Å². The van der Waals surface area contributed by atoms with Crippen molar-refractivity contribution in [2.24, 2.45) is 11.5 Å². The van der Waals surface area contributed by atoms with Crippen molar-refractivity contribution < 1.29 is 4.42 Å². The molecule has 55 heavy (non-hydrogen) atoms. The third-order valence-corrected chi connectivity index (χ3v) is 9.79. The van der Waals surface area contributed by atoms with E-state index in [-0.39, 0.29) is 0 Å². The maximum atomic E-state index is 6.14. The molecule has 0 aliphatic rings. The Morgan fingerprint density at radius 1 is 0.382 bits per heavy atom. The van der Waals surface area contributed by atoms with Crippen molar-refractivity contribution in [3.05, 3.63) is 216 Å². The Hall–Kier alpha value is -6.52. The first kappa shape index (κ1) is 36.8. The van der Waals surface area contributed by atoms with E-state index in [1.807, 2.05) is 42.5 Å². The molecule has 8 aromatic carbocycles. The van der Waals surface area contributed by atoms with Gasteiger partial charge in [0, 0.05) is 23.9 Å². The SMILES string of the molecule is Cc1cccc(C)c1.NCc1cccc2oc3ccc(-c4cccc(-c5ccccc5-c5ccccc5-c5ccccc5)c4)cc3c12.NCc1ccccc1. The number of hydrogen-bond donors (Lipinski definition) is 2. The smallest absolute Gasteiger partial charge is 0.135 e. The summed E-state index contributed by atoms with van der Waals surface area (Å²) in [5.41, 5.74) is 27.8. The van der Waals surface area contributed by atoms with Crippen molar-refractivity contribution in [1.29, 1.82) is 0 Å². The minimum Gasteiger partial charge on any atom is -0.456 e. The summed E-state index contributed by atoms with van der Waals surface area (Å²) in [5, 5.41) is 2.21. The number of aryl methyl sites for hydroxylation is 2. The van der Waals surface area contributed by atoms with E-state index < -0.39 is 0 Å². The molecule has 3 heteroatoms. The Bertz CT molecular complexity index is 2620. The molecular weight excluding hydrogens is 669 g/mol. The number of furan rings is 1. The van der Waals surface area contributed by atoms with E-state index in [4.69, 9.17) is 15.9 Å². The standard InChI is InChI=1S/C37H27NO.C8H10.C7H9N/c38-24-29-14-9-19-36-37(29)34-23-27(20-21-35(34)39-36)26-12-8-13-28(22-26)31-16-5-7-18-33(31)32-17-6-4-15-30(32)25-10-2-1-3-11-25;1-7-4-3-5-8(2)6-7;8-6-7-4-2-1-3-5-7/h1-23H,24,38H2;3-6H,1-2H3;1-5H,6,8H2. The van der Waals surface area contributed by atoms with Gasteiger partial charge in [-0.05, 0) is 93.7 Å². The van der Waals surface area contributed by atoms with Crippen LogP contribution in [0.4, 0.5) is 0 Å². The van der Waals surface area contributed by atoms with Crippen molar-refractivity contribution in [3.8, 4) is 44.5 Å². The zero-order valence-corrected chi connectivity index (χ0v) is 31.5. The molecule has 0 fully saturated rings. The molecule has 0 atom stereocenters. The van der Waals surface area contributed by atoms with Gasteiger partial charge >= 0.3 is 0 Å². The van der Waals surface area contributed by atoms with Crippen LogP contribution >= 0.6 is 0 Å². The van der Waals surface area contributed by atoms with Crippen molar-refractivity contribution in [2.75, 3.05) is 0 Å². The number of fused-ring (bicyclic) bond motifs is 3. The normalized spacial score (nSPS) is 10.7. The second-order valence-corrected chi connectivity index (χ2v) is 13.7. The number of nitrogens with two attached hydrogens (primary N) is 2. The fraction of sp³-hybridized carbons (Fsp3) is 0.0769. The molecule has 4 N–H and O–H groups in total. The van der Waals surface area contributed by atoms with Crippen molar-refractivity contribution in [3.63, 3.8) is 0 Å². The zero-order chi connectivity index (χ0) is 38.0. The molecule has 1 heterocycles. The lowest BCUT2D eigenvalue weighted by atomic mass is 9.88. The predicted molar refractivity (Wildman–Crippen MR) is 234 cm³/mol. The molecule has 0 aliphatic carbocycles. The monoisotopic (exact) mass is 714 g/mol. The third kappa shape index (κ3) is 8.66. The second-order valence-electron chi connectivity index (χ2n) is 13.7. The summed E-state index contributed by atoms with van der Waals surface area (Å²) in [6.07, 6.45) is 0. The van der Waals surface area contributed by atoms with Crippen LogP contribution in [0.2, 0.25) is 0 Å². The van der Waals surface area contributed by atoms with Gasteiger partial charge in [0.2, 0.25) is 0 Å². The summed E-state index contributed by atoms with van der Waals surface area (Å²) in [6.45, 7) is 5.33. The topological polar surface area (TPSA) is 65.2 Å². The number of benzene rings is 8. The maximum absolute atomic E-state index is 6.14. The summed E-state index contributed by atoms with van der Waals surface area (Å²) >= 11 is 0. The lowest BCUT2D eigenvalue weighted by Gasteiger charge is -2.15. The molecule has 0 unspecified atom stereocenters. The summed E-state index contributed by atoms with van der Waals surface area (Å²) in [7, 11) is 0. The van der Waals surface area contributed by atoms with Gasteiger partial charge in [-0.3, -0.25) is 0 Å². The fourth-order valence-electron chi connectivity index (χ4n) is 7.09. The number of hydrogen-bond acceptors (Lipinski definition) is 3. The Morgan fingerprint density at radius 2 is 0.909 bits per heavy atom. The number of rotatable bonds is 6. The van der Waals surface area contributed by atoms with E-state index in [9.17, 15) is 0 Å². The average molecular weight is 715 g/mol. The van der Waals surface area contributed by atoms with Gasteiger partial charge in [-0.15, -0.1) is 0 Å². The van der Waals surface area contributed by atoms with Crippen LogP contribution in [0.25, 0.3) is 66.4 Å². The third-order valence-electron chi connectivity index (χ3n) is 9.79. The van der Waals surface area contributed by atoms with Crippen molar-refractivity contribution in [1.82, 2.24) is 0 Å². The van der Waals surface area contributed by atoms with Crippen LogP contribution in [0.5, 0.6) is 0 Å². The van der Waals surface area contributed by atoms with Gasteiger partial charge in [-0.1, -0.05) is 181 Å². The van der Waals surface area contributed by atoms with E-state index in [0.717, 1.165) is 33.1 Å². The van der Waals surface area contributed by atoms with Gasteiger partial charge in [0.15, 0.2) is 0 Å². The van der Waals surface area contributed by atoms with Gasteiger partial charge in [-0.25, -0.2) is 0 Å². The molecule has 0 saturated carbocycles. The Kier molecular flexibility index (Phi) is 11.7. The van der Waals surface area contributed by atoms with Gasteiger partial charge in [0.1, 0.15) is 11.2 Å². The van der Waals surface area contributed by atoms with Crippen LogP contribution in [0, 0.1) is 13.8 Å².